The van der Waals surface area contributed by atoms with Gasteiger partial charge in [0.15, 0.2) is 5.76 Å². The number of benzene rings is 1. The number of amides is 2. The van der Waals surface area contributed by atoms with Crippen molar-refractivity contribution >= 4 is 17.5 Å². The van der Waals surface area contributed by atoms with Crippen molar-refractivity contribution in [3.63, 3.8) is 0 Å². The Hall–Kier alpha value is -3.68. The zero-order valence-electron chi connectivity index (χ0n) is 18.4. The molecule has 32 heavy (non-hydrogen) atoms. The highest BCUT2D eigenvalue weighted by atomic mass is 16.4. The minimum absolute atomic E-state index is 0.231. The fraction of sp³-hybridized carbons (Fsp3) is 0.333. The van der Waals surface area contributed by atoms with E-state index in [1.807, 2.05) is 42.8 Å². The Labute approximate surface area is 186 Å². The molecule has 2 aromatic heterocycles. The molecule has 0 unspecified atom stereocenters. The van der Waals surface area contributed by atoms with Crippen molar-refractivity contribution in [3.05, 3.63) is 76.8 Å². The van der Waals surface area contributed by atoms with Gasteiger partial charge in [-0.2, -0.15) is 5.10 Å². The van der Waals surface area contributed by atoms with E-state index in [-0.39, 0.29) is 11.8 Å². The molecule has 0 atom stereocenters. The molecule has 1 aromatic carbocycles. The average Bonchev–Trinajstić information content (AvgIpc) is 3.43. The van der Waals surface area contributed by atoms with Gasteiger partial charge < -0.3 is 14.3 Å². The van der Waals surface area contributed by atoms with Gasteiger partial charge in [0.2, 0.25) is 0 Å². The molecule has 0 saturated heterocycles. The zero-order chi connectivity index (χ0) is 22.5. The van der Waals surface area contributed by atoms with E-state index < -0.39 is 0 Å². The van der Waals surface area contributed by atoms with Crippen molar-refractivity contribution in [2.24, 2.45) is 5.10 Å². The predicted molar refractivity (Wildman–Crippen MR) is 121 cm³/mol. The summed E-state index contributed by atoms with van der Waals surface area (Å²) in [6.45, 7) is 5.08. The molecule has 4 rings (SSSR count). The molecule has 0 aliphatic heterocycles. The predicted octanol–water partition coefficient (Wildman–Crippen LogP) is 3.38. The first kappa shape index (κ1) is 21.5. The Bertz CT molecular complexity index is 1140. The van der Waals surface area contributed by atoms with Crippen LogP contribution < -0.4 is 10.7 Å². The van der Waals surface area contributed by atoms with Crippen molar-refractivity contribution in [2.45, 2.75) is 46.1 Å². The lowest BCUT2D eigenvalue weighted by molar-refractivity contribution is 0.0920. The van der Waals surface area contributed by atoms with Crippen LogP contribution in [0, 0.1) is 13.8 Å². The van der Waals surface area contributed by atoms with Crippen LogP contribution in [0.2, 0.25) is 0 Å². The summed E-state index contributed by atoms with van der Waals surface area (Å²) >= 11 is 0. The second-order valence-corrected chi connectivity index (χ2v) is 7.93. The Morgan fingerprint density at radius 2 is 2.03 bits per heavy atom. The van der Waals surface area contributed by atoms with Gasteiger partial charge in [-0.3, -0.25) is 9.59 Å². The summed E-state index contributed by atoms with van der Waals surface area (Å²) in [4.78, 5) is 29.3. The third kappa shape index (κ3) is 4.64. The normalized spacial score (nSPS) is 14.2. The number of nitrogens with zero attached hydrogens (tertiary/aromatic N) is 3. The van der Waals surface area contributed by atoms with Crippen molar-refractivity contribution in [2.75, 3.05) is 6.54 Å². The number of rotatable bonds is 7. The topological polar surface area (TPSA) is 102 Å². The van der Waals surface area contributed by atoms with E-state index in [0.717, 1.165) is 54.0 Å². The van der Waals surface area contributed by atoms with Crippen LogP contribution in [0.4, 0.5) is 0 Å². The van der Waals surface area contributed by atoms with Gasteiger partial charge in [0, 0.05) is 48.6 Å². The summed E-state index contributed by atoms with van der Waals surface area (Å²) in [6, 6.07) is 7.38. The Morgan fingerprint density at radius 3 is 2.81 bits per heavy atom. The van der Waals surface area contributed by atoms with Crippen LogP contribution in [0.3, 0.4) is 0 Å². The SMILES string of the molecule is Cc1ccccc1C(=O)N/N=C1\CCCc2oc(C(=O)NCCCn3ccnc3)c(C)c21. The lowest BCUT2D eigenvalue weighted by atomic mass is 9.93. The Kier molecular flexibility index (Phi) is 6.49. The Balaban J connectivity index is 1.43. The fourth-order valence-electron chi connectivity index (χ4n) is 3.97. The van der Waals surface area contributed by atoms with Crippen LogP contribution in [0.1, 0.15) is 62.6 Å². The summed E-state index contributed by atoms with van der Waals surface area (Å²) in [6.07, 6.45) is 8.49. The molecule has 0 saturated carbocycles. The van der Waals surface area contributed by atoms with Crippen LogP contribution in [-0.4, -0.2) is 33.6 Å². The van der Waals surface area contributed by atoms with Crippen LogP contribution in [-0.2, 0) is 13.0 Å². The third-order valence-corrected chi connectivity index (χ3v) is 5.65. The molecule has 8 nitrogen and oxygen atoms in total. The summed E-state index contributed by atoms with van der Waals surface area (Å²) in [7, 11) is 0. The lowest BCUT2D eigenvalue weighted by Crippen LogP contribution is -2.25. The lowest BCUT2D eigenvalue weighted by Gasteiger charge is -2.13. The summed E-state index contributed by atoms with van der Waals surface area (Å²) < 4.78 is 7.89. The van der Waals surface area contributed by atoms with Crippen molar-refractivity contribution in [1.82, 2.24) is 20.3 Å². The quantitative estimate of drug-likeness (QED) is 0.440. The number of aryl methyl sites for hydroxylation is 3. The first-order valence-electron chi connectivity index (χ1n) is 10.8. The molecule has 3 aromatic rings. The molecule has 0 radical (unpaired) electrons. The van der Waals surface area contributed by atoms with Crippen LogP contribution in [0.25, 0.3) is 0 Å². The van der Waals surface area contributed by atoms with Gasteiger partial charge in [0.25, 0.3) is 11.8 Å². The van der Waals surface area contributed by atoms with E-state index in [1.165, 1.54) is 0 Å². The number of hydrogen-bond donors (Lipinski definition) is 2. The number of hydrogen-bond acceptors (Lipinski definition) is 5. The highest BCUT2D eigenvalue weighted by Gasteiger charge is 2.28. The minimum Gasteiger partial charge on any atom is -0.455 e. The maximum absolute atomic E-state index is 12.7. The molecular formula is C24H27N5O3. The second kappa shape index (κ2) is 9.64. The van der Waals surface area contributed by atoms with Crippen LogP contribution >= 0.6 is 0 Å². The molecule has 1 aliphatic carbocycles. The van der Waals surface area contributed by atoms with Crippen LogP contribution in [0.15, 0.2) is 52.5 Å². The van der Waals surface area contributed by atoms with E-state index in [0.29, 0.717) is 24.3 Å². The number of furan rings is 1. The molecule has 1 aliphatic rings. The van der Waals surface area contributed by atoms with E-state index in [9.17, 15) is 9.59 Å². The minimum atomic E-state index is -0.250. The number of nitrogens with one attached hydrogen (secondary N) is 2. The van der Waals surface area contributed by atoms with Gasteiger partial charge in [0.1, 0.15) is 5.76 Å². The molecule has 166 valence electrons. The van der Waals surface area contributed by atoms with Gasteiger partial charge in [-0.1, -0.05) is 18.2 Å². The molecule has 0 bridgehead atoms. The Morgan fingerprint density at radius 1 is 1.19 bits per heavy atom. The molecule has 2 amide bonds. The molecule has 2 heterocycles. The molecule has 2 N–H and O–H groups in total. The molecule has 0 spiro atoms. The third-order valence-electron chi connectivity index (χ3n) is 5.65. The monoisotopic (exact) mass is 433 g/mol. The standard InChI is InChI=1S/C24H27N5O3/c1-16-7-3-4-8-18(16)23(30)28-27-19-9-5-10-20-21(19)17(2)22(32-20)24(31)26-11-6-13-29-14-12-25-15-29/h3-4,7-8,12,14-15H,5-6,9-11,13H2,1-2H3,(H,26,31)(H,28,30)/b27-19+. The van der Waals surface area contributed by atoms with E-state index >= 15 is 0 Å². The van der Waals surface area contributed by atoms with Crippen molar-refractivity contribution in [3.8, 4) is 0 Å². The zero-order valence-corrected chi connectivity index (χ0v) is 18.4. The number of fused-ring (bicyclic) bond motifs is 1. The molecule has 8 heteroatoms. The first-order valence-corrected chi connectivity index (χ1v) is 10.8. The van der Waals surface area contributed by atoms with Crippen LogP contribution in [0.5, 0.6) is 0 Å². The van der Waals surface area contributed by atoms with Gasteiger partial charge in [-0.15, -0.1) is 0 Å². The number of hydrazone groups is 1. The highest BCUT2D eigenvalue weighted by molar-refractivity contribution is 6.07. The van der Waals surface area contributed by atoms with Gasteiger partial charge >= 0.3 is 0 Å². The molecule has 0 fully saturated rings. The number of carbonyl (C=O) groups excluding carboxylic acids is 2. The van der Waals surface area contributed by atoms with E-state index in [1.54, 1.807) is 18.6 Å². The maximum Gasteiger partial charge on any atom is 0.287 e. The summed E-state index contributed by atoms with van der Waals surface area (Å²) in [5.41, 5.74) is 6.49. The highest BCUT2D eigenvalue weighted by Crippen LogP contribution is 2.29. The van der Waals surface area contributed by atoms with Gasteiger partial charge in [0.05, 0.1) is 12.0 Å². The number of imidazole rings is 1. The van der Waals surface area contributed by atoms with Crippen molar-refractivity contribution < 1.29 is 14.0 Å². The molecular weight excluding hydrogens is 406 g/mol. The fourth-order valence-corrected chi connectivity index (χ4v) is 3.97. The smallest absolute Gasteiger partial charge is 0.287 e. The second-order valence-electron chi connectivity index (χ2n) is 7.93. The largest absolute Gasteiger partial charge is 0.455 e. The van der Waals surface area contributed by atoms with Crippen molar-refractivity contribution in [1.29, 1.82) is 0 Å². The summed E-state index contributed by atoms with van der Waals surface area (Å²) in [5.74, 6) is 0.587. The maximum atomic E-state index is 12.7. The summed E-state index contributed by atoms with van der Waals surface area (Å²) in [5, 5.41) is 7.32. The number of carbonyl (C=O) groups is 2. The van der Waals surface area contributed by atoms with Gasteiger partial charge in [-0.25, -0.2) is 10.4 Å². The first-order chi connectivity index (χ1) is 15.5. The van der Waals surface area contributed by atoms with E-state index in [2.05, 4.69) is 20.8 Å². The van der Waals surface area contributed by atoms with E-state index in [4.69, 9.17) is 4.42 Å². The number of aromatic nitrogens is 2. The average molecular weight is 434 g/mol. The van der Waals surface area contributed by atoms with Gasteiger partial charge in [-0.05, 0) is 44.7 Å².